The van der Waals surface area contributed by atoms with E-state index < -0.39 is 0 Å². The van der Waals surface area contributed by atoms with E-state index in [2.05, 4.69) is 82.3 Å². The van der Waals surface area contributed by atoms with Gasteiger partial charge in [0.25, 0.3) is 0 Å². The highest BCUT2D eigenvalue weighted by molar-refractivity contribution is 6.10. The lowest BCUT2D eigenvalue weighted by Gasteiger charge is -2.20. The standard InChI is InChI=1S/C24H24N2/c1-15-13-21-22(17-9-8-10-18(14-17)24(3,4)5)25-16(2)26-23(21)20-12-7-6-11-19(15)20/h6-14H,1-5H3. The summed E-state index contributed by atoms with van der Waals surface area (Å²) in [4.78, 5) is 9.62. The number of fused-ring (bicyclic) bond motifs is 3. The molecule has 0 aliphatic heterocycles. The third kappa shape index (κ3) is 2.76. The fraction of sp³-hybridized carbons (Fsp3) is 0.250. The Kier molecular flexibility index (Phi) is 3.80. The first-order chi connectivity index (χ1) is 12.3. The van der Waals surface area contributed by atoms with Crippen LogP contribution in [-0.2, 0) is 5.41 Å². The molecule has 4 aromatic rings. The number of aromatic nitrogens is 2. The second-order valence-electron chi connectivity index (χ2n) is 8.09. The molecule has 0 saturated carbocycles. The molecule has 130 valence electrons. The number of nitrogens with zero attached hydrogens (tertiary/aromatic N) is 2. The first-order valence-corrected chi connectivity index (χ1v) is 9.12. The normalized spacial score (nSPS) is 12.0. The van der Waals surface area contributed by atoms with Crippen LogP contribution in [0.15, 0.2) is 54.6 Å². The molecule has 3 aromatic carbocycles. The summed E-state index contributed by atoms with van der Waals surface area (Å²) >= 11 is 0. The van der Waals surface area contributed by atoms with Gasteiger partial charge in [-0.3, -0.25) is 0 Å². The fourth-order valence-corrected chi connectivity index (χ4v) is 3.60. The fourth-order valence-electron chi connectivity index (χ4n) is 3.60. The highest BCUT2D eigenvalue weighted by Crippen LogP contribution is 2.34. The van der Waals surface area contributed by atoms with Crippen molar-refractivity contribution in [1.29, 1.82) is 0 Å². The Morgan fingerprint density at radius 3 is 2.19 bits per heavy atom. The summed E-state index contributed by atoms with van der Waals surface area (Å²) in [5, 5.41) is 3.58. The van der Waals surface area contributed by atoms with Crippen molar-refractivity contribution in [3.63, 3.8) is 0 Å². The highest BCUT2D eigenvalue weighted by atomic mass is 14.9. The maximum absolute atomic E-state index is 4.83. The number of rotatable bonds is 1. The minimum Gasteiger partial charge on any atom is -0.233 e. The molecule has 0 bridgehead atoms. The van der Waals surface area contributed by atoms with Crippen molar-refractivity contribution >= 4 is 21.7 Å². The van der Waals surface area contributed by atoms with Gasteiger partial charge in [0.05, 0.1) is 11.2 Å². The zero-order valence-electron chi connectivity index (χ0n) is 16.1. The predicted octanol–water partition coefficient (Wildman–Crippen LogP) is 6.36. The number of aryl methyl sites for hydroxylation is 2. The Morgan fingerprint density at radius 2 is 1.46 bits per heavy atom. The van der Waals surface area contributed by atoms with Gasteiger partial charge in [0, 0.05) is 16.3 Å². The van der Waals surface area contributed by atoms with Crippen LogP contribution in [0.4, 0.5) is 0 Å². The predicted molar refractivity (Wildman–Crippen MR) is 111 cm³/mol. The number of benzene rings is 3. The van der Waals surface area contributed by atoms with Gasteiger partial charge in [0.2, 0.25) is 0 Å². The summed E-state index contributed by atoms with van der Waals surface area (Å²) < 4.78 is 0. The van der Waals surface area contributed by atoms with Gasteiger partial charge in [-0.15, -0.1) is 0 Å². The maximum Gasteiger partial charge on any atom is 0.126 e. The zero-order chi connectivity index (χ0) is 18.5. The van der Waals surface area contributed by atoms with E-state index in [0.717, 1.165) is 28.0 Å². The number of hydrogen-bond acceptors (Lipinski definition) is 2. The SMILES string of the molecule is Cc1nc(-c2cccc(C(C)(C)C)c2)c2cc(C)c3ccccc3c2n1. The molecule has 0 amide bonds. The lowest BCUT2D eigenvalue weighted by molar-refractivity contribution is 0.590. The smallest absolute Gasteiger partial charge is 0.126 e. The summed E-state index contributed by atoms with van der Waals surface area (Å²) in [5.74, 6) is 0.808. The summed E-state index contributed by atoms with van der Waals surface area (Å²) in [7, 11) is 0. The third-order valence-corrected chi connectivity index (χ3v) is 5.03. The van der Waals surface area contributed by atoms with Crippen LogP contribution in [0.2, 0.25) is 0 Å². The molecule has 0 atom stereocenters. The Hall–Kier alpha value is -2.74. The average molecular weight is 340 g/mol. The lowest BCUT2D eigenvalue weighted by Crippen LogP contribution is -2.10. The van der Waals surface area contributed by atoms with E-state index >= 15 is 0 Å². The molecule has 1 heterocycles. The van der Waals surface area contributed by atoms with Crippen LogP contribution in [-0.4, -0.2) is 9.97 Å². The van der Waals surface area contributed by atoms with Crippen molar-refractivity contribution in [1.82, 2.24) is 9.97 Å². The van der Waals surface area contributed by atoms with Gasteiger partial charge < -0.3 is 0 Å². The topological polar surface area (TPSA) is 25.8 Å². The van der Waals surface area contributed by atoms with Crippen LogP contribution in [0.5, 0.6) is 0 Å². The average Bonchev–Trinajstić information content (AvgIpc) is 2.62. The molecule has 0 spiro atoms. The molecule has 0 fully saturated rings. The second kappa shape index (κ2) is 5.91. The molecular formula is C24H24N2. The van der Waals surface area contributed by atoms with Crippen molar-refractivity contribution in [2.75, 3.05) is 0 Å². The van der Waals surface area contributed by atoms with Gasteiger partial charge in [-0.2, -0.15) is 0 Å². The van der Waals surface area contributed by atoms with Crippen molar-refractivity contribution < 1.29 is 0 Å². The van der Waals surface area contributed by atoms with Crippen LogP contribution in [0, 0.1) is 13.8 Å². The molecule has 0 radical (unpaired) electrons. The molecule has 0 N–H and O–H groups in total. The monoisotopic (exact) mass is 340 g/mol. The first-order valence-electron chi connectivity index (χ1n) is 9.12. The molecule has 26 heavy (non-hydrogen) atoms. The summed E-state index contributed by atoms with van der Waals surface area (Å²) in [6, 6.07) is 19.5. The molecule has 2 nitrogen and oxygen atoms in total. The minimum atomic E-state index is 0.108. The summed E-state index contributed by atoms with van der Waals surface area (Å²) in [5.41, 5.74) is 5.90. The van der Waals surface area contributed by atoms with Crippen molar-refractivity contribution in [2.45, 2.75) is 40.0 Å². The molecule has 0 saturated heterocycles. The summed E-state index contributed by atoms with van der Waals surface area (Å²) in [6.07, 6.45) is 0. The van der Waals surface area contributed by atoms with E-state index in [-0.39, 0.29) is 5.41 Å². The van der Waals surface area contributed by atoms with Crippen LogP contribution in [0.25, 0.3) is 32.9 Å². The molecule has 0 unspecified atom stereocenters. The van der Waals surface area contributed by atoms with E-state index in [4.69, 9.17) is 9.97 Å². The molecule has 1 aromatic heterocycles. The number of hydrogen-bond donors (Lipinski definition) is 0. The Morgan fingerprint density at radius 1 is 0.731 bits per heavy atom. The van der Waals surface area contributed by atoms with Gasteiger partial charge in [0.1, 0.15) is 5.82 Å². The van der Waals surface area contributed by atoms with Crippen molar-refractivity contribution in [3.05, 3.63) is 71.5 Å². The lowest BCUT2D eigenvalue weighted by atomic mass is 9.85. The van der Waals surface area contributed by atoms with Crippen LogP contribution < -0.4 is 0 Å². The van der Waals surface area contributed by atoms with Crippen LogP contribution >= 0.6 is 0 Å². The van der Waals surface area contributed by atoms with E-state index in [1.165, 1.54) is 21.9 Å². The molecule has 2 heteroatoms. The van der Waals surface area contributed by atoms with Gasteiger partial charge in [-0.1, -0.05) is 63.2 Å². The first kappa shape index (κ1) is 16.7. The van der Waals surface area contributed by atoms with Gasteiger partial charge in [0.15, 0.2) is 0 Å². The Bertz CT molecular complexity index is 1130. The van der Waals surface area contributed by atoms with Crippen molar-refractivity contribution in [2.24, 2.45) is 0 Å². The van der Waals surface area contributed by atoms with Gasteiger partial charge >= 0.3 is 0 Å². The zero-order valence-corrected chi connectivity index (χ0v) is 16.1. The second-order valence-corrected chi connectivity index (χ2v) is 8.09. The molecule has 0 aliphatic rings. The molecule has 0 aliphatic carbocycles. The van der Waals surface area contributed by atoms with Crippen molar-refractivity contribution in [3.8, 4) is 11.3 Å². The van der Waals surface area contributed by atoms with Crippen LogP contribution in [0.1, 0.15) is 37.7 Å². The van der Waals surface area contributed by atoms with Crippen LogP contribution in [0.3, 0.4) is 0 Å². The summed E-state index contributed by atoms with van der Waals surface area (Å²) in [6.45, 7) is 10.9. The molecule has 4 rings (SSSR count). The van der Waals surface area contributed by atoms with E-state index in [1.54, 1.807) is 0 Å². The third-order valence-electron chi connectivity index (χ3n) is 5.03. The van der Waals surface area contributed by atoms with Gasteiger partial charge in [-0.05, 0) is 47.9 Å². The van der Waals surface area contributed by atoms with E-state index in [0.29, 0.717) is 0 Å². The molecular weight excluding hydrogens is 316 g/mol. The largest absolute Gasteiger partial charge is 0.233 e. The minimum absolute atomic E-state index is 0.108. The Labute approximate surface area is 154 Å². The quantitative estimate of drug-likeness (QED) is 0.377. The van der Waals surface area contributed by atoms with Gasteiger partial charge in [-0.25, -0.2) is 9.97 Å². The van der Waals surface area contributed by atoms with E-state index in [1.807, 2.05) is 6.92 Å². The maximum atomic E-state index is 4.83. The Balaban J connectivity index is 2.08. The van der Waals surface area contributed by atoms with E-state index in [9.17, 15) is 0 Å². The highest BCUT2D eigenvalue weighted by Gasteiger charge is 2.17.